The number of carboxylic acid groups (broad SMARTS) is 3. The van der Waals surface area contributed by atoms with Crippen LogP contribution in [-0.2, 0) is 76.3 Å². The van der Waals surface area contributed by atoms with E-state index in [2.05, 4.69) is 16.0 Å². The molecule has 3 aliphatic heterocycles. The molecule has 0 radical (unpaired) electrons. The number of ether oxygens (including phenoxy) is 8. The Labute approximate surface area is 423 Å². The van der Waals surface area contributed by atoms with E-state index in [1.165, 1.54) is 9.80 Å². The van der Waals surface area contributed by atoms with Crippen molar-refractivity contribution in [3.05, 3.63) is 0 Å². The van der Waals surface area contributed by atoms with Gasteiger partial charge >= 0.3 is 17.9 Å². The third-order valence-electron chi connectivity index (χ3n) is 11.5. The van der Waals surface area contributed by atoms with E-state index in [9.17, 15) is 74.1 Å². The second-order valence-corrected chi connectivity index (χ2v) is 17.9. The third-order valence-corrected chi connectivity index (χ3v) is 11.5. The van der Waals surface area contributed by atoms with Crippen LogP contribution in [0.1, 0.15) is 27.7 Å². The highest BCUT2D eigenvalue weighted by molar-refractivity contribution is 5.83. The van der Waals surface area contributed by atoms with Crippen LogP contribution in [0.2, 0.25) is 0 Å². The lowest BCUT2D eigenvalue weighted by molar-refractivity contribution is -0.375. The molecule has 32 heteroatoms. The molecule has 3 amide bonds. The van der Waals surface area contributed by atoms with Gasteiger partial charge in [0.15, 0.2) is 30.9 Å². The first kappa shape index (κ1) is 63.4. The predicted molar refractivity (Wildman–Crippen MR) is 241 cm³/mol. The van der Waals surface area contributed by atoms with E-state index in [1.54, 1.807) is 27.7 Å². The predicted octanol–water partition coefficient (Wildman–Crippen LogP) is -8.68. The van der Waals surface area contributed by atoms with Crippen molar-refractivity contribution < 1.29 is 122 Å². The number of aliphatic hydroxyl groups is 6. The minimum absolute atomic E-state index is 0.00277. The number of nitrogens with zero attached hydrogens (tertiary/aromatic N) is 3. The van der Waals surface area contributed by atoms with Crippen molar-refractivity contribution >= 4 is 48.6 Å². The van der Waals surface area contributed by atoms with Gasteiger partial charge in [-0.1, -0.05) is 13.8 Å². The Hall–Kier alpha value is -4.88. The summed E-state index contributed by atoms with van der Waals surface area (Å²) >= 11 is 0. The highest BCUT2D eigenvalue weighted by Crippen LogP contribution is 2.34. The van der Waals surface area contributed by atoms with Gasteiger partial charge in [0.05, 0.1) is 38.4 Å². The maximum atomic E-state index is 14.0. The summed E-state index contributed by atoms with van der Waals surface area (Å²) in [5.41, 5.74) is 5.53. The van der Waals surface area contributed by atoms with Gasteiger partial charge in [-0.2, -0.15) is 0 Å². The molecule has 0 aromatic carbocycles. The van der Waals surface area contributed by atoms with Crippen molar-refractivity contribution in [3.8, 4) is 0 Å². The quantitative estimate of drug-likeness (QED) is 0.0165. The number of nitrogens with two attached hydrogens (primary N) is 1. The smallest absolute Gasteiger partial charge is 0.317 e. The van der Waals surface area contributed by atoms with E-state index < -0.39 is 172 Å². The summed E-state index contributed by atoms with van der Waals surface area (Å²) in [6, 6.07) is 0. The van der Waals surface area contributed by atoms with E-state index in [1.807, 2.05) is 0 Å². The third kappa shape index (κ3) is 19.4. The molecule has 0 aliphatic carbocycles. The lowest BCUT2D eigenvalue weighted by Crippen LogP contribution is -2.68. The van der Waals surface area contributed by atoms with Crippen molar-refractivity contribution in [2.45, 2.75) is 126 Å². The van der Waals surface area contributed by atoms with E-state index in [-0.39, 0.29) is 65.5 Å². The Morgan fingerprint density at radius 3 is 1.51 bits per heavy atom. The fraction of sp³-hybridized carbons (Fsp3) is 0.810. The Kier molecular flexibility index (Phi) is 26.8. The second-order valence-electron chi connectivity index (χ2n) is 17.9. The molecular formula is C42H71N7O25. The molecule has 0 aromatic rings. The van der Waals surface area contributed by atoms with E-state index in [0.29, 0.717) is 0 Å². The molecule has 0 bridgehead atoms. The fourth-order valence-corrected chi connectivity index (χ4v) is 7.96. The zero-order valence-corrected chi connectivity index (χ0v) is 41.1. The normalized spacial score (nSPS) is 30.2. The fourth-order valence-electron chi connectivity index (χ4n) is 7.96. The molecule has 32 nitrogen and oxygen atoms in total. The molecule has 3 fully saturated rings. The number of carboxylic acids is 3. The van der Waals surface area contributed by atoms with Crippen LogP contribution in [0.5, 0.6) is 0 Å². The van der Waals surface area contributed by atoms with Crippen LogP contribution >= 0.6 is 0 Å². The lowest BCUT2D eigenvalue weighted by atomic mass is 9.91. The van der Waals surface area contributed by atoms with Gasteiger partial charge < -0.3 is 106 Å². The molecule has 3 saturated heterocycles. The Morgan fingerprint density at radius 1 is 0.568 bits per heavy atom. The number of carbonyl (C=O) groups is 8. The van der Waals surface area contributed by atoms with Gasteiger partial charge in [0, 0.05) is 52.4 Å². The van der Waals surface area contributed by atoms with Crippen LogP contribution in [0.3, 0.4) is 0 Å². The number of rotatable bonds is 33. The van der Waals surface area contributed by atoms with Crippen LogP contribution in [0.25, 0.3) is 0 Å². The van der Waals surface area contributed by atoms with Crippen molar-refractivity contribution in [1.82, 2.24) is 30.7 Å². The first-order valence-corrected chi connectivity index (χ1v) is 23.4. The minimum atomic E-state index is -2.25. The van der Waals surface area contributed by atoms with Gasteiger partial charge in [0.2, 0.25) is 12.2 Å². The monoisotopic (exact) mass is 1070 g/mol. The number of nitrogens with one attached hydrogen (secondary N) is 3. The Balaban J connectivity index is 1.82. The zero-order valence-electron chi connectivity index (χ0n) is 41.1. The second kappa shape index (κ2) is 31.2. The highest BCUT2D eigenvalue weighted by atomic mass is 16.8. The van der Waals surface area contributed by atoms with Gasteiger partial charge in [0.25, 0.3) is 24.8 Å². The molecule has 74 heavy (non-hydrogen) atoms. The van der Waals surface area contributed by atoms with Crippen molar-refractivity contribution in [3.63, 3.8) is 0 Å². The average Bonchev–Trinajstić information content (AvgIpc) is 3.32. The SMILES string of the molecule is CC(C)O[C@@H]1C(C(=O)NCCN)O[C@@H](O[C@@H]2C(C(=O)NCCNC(=O)CN(CCN(CCN(CC(=O)O)CC(=O)O)COC=O)CC(=O)O)O[C@@H](O[C@@H]3C(OC=O)O[C@@H](C(C)C)C(O)[C@H]3O)C(O)[C@H]2O)C(O)[C@H]1O. The number of amides is 3. The topological polar surface area (TPSA) is 464 Å². The molecule has 424 valence electrons. The molecule has 14 N–H and O–H groups in total. The van der Waals surface area contributed by atoms with Gasteiger partial charge in [-0.05, 0) is 19.8 Å². The molecule has 6 unspecified atom stereocenters. The van der Waals surface area contributed by atoms with Gasteiger partial charge in [-0.15, -0.1) is 0 Å². The number of hydrogen-bond acceptors (Lipinski definition) is 26. The summed E-state index contributed by atoms with van der Waals surface area (Å²) in [6.45, 7) is 2.54. The summed E-state index contributed by atoms with van der Waals surface area (Å²) in [4.78, 5) is 101. The van der Waals surface area contributed by atoms with Crippen molar-refractivity contribution in [1.29, 1.82) is 0 Å². The first-order chi connectivity index (χ1) is 34.9. The summed E-state index contributed by atoms with van der Waals surface area (Å²) < 4.78 is 44.3. The van der Waals surface area contributed by atoms with Crippen LogP contribution < -0.4 is 21.7 Å². The first-order valence-electron chi connectivity index (χ1n) is 23.4. The maximum absolute atomic E-state index is 14.0. The Bertz CT molecular complexity index is 1810. The molecule has 15 atom stereocenters. The maximum Gasteiger partial charge on any atom is 0.317 e. The average molecular weight is 1070 g/mol. The number of aliphatic hydroxyl groups excluding tert-OH is 6. The van der Waals surface area contributed by atoms with E-state index in [0.717, 1.165) is 4.90 Å². The highest BCUT2D eigenvalue weighted by Gasteiger charge is 2.56. The number of carbonyl (C=O) groups excluding carboxylic acids is 5. The van der Waals surface area contributed by atoms with Crippen molar-refractivity contribution in [2.24, 2.45) is 11.7 Å². The molecule has 3 heterocycles. The van der Waals surface area contributed by atoms with Crippen molar-refractivity contribution in [2.75, 3.05) is 85.3 Å². The molecule has 0 saturated carbocycles. The number of hydrogen-bond donors (Lipinski definition) is 13. The van der Waals surface area contributed by atoms with Crippen LogP contribution in [0.4, 0.5) is 0 Å². The number of aliphatic carboxylic acids is 3. The summed E-state index contributed by atoms with van der Waals surface area (Å²) in [6.07, 6.45) is -28.8. The van der Waals surface area contributed by atoms with E-state index >= 15 is 0 Å². The molecule has 3 aliphatic rings. The molecule has 3 rings (SSSR count). The van der Waals surface area contributed by atoms with E-state index in [4.69, 9.17) is 53.8 Å². The zero-order chi connectivity index (χ0) is 55.4. The molecule has 0 aromatic heterocycles. The summed E-state index contributed by atoms with van der Waals surface area (Å²) in [5, 5.41) is 103. The minimum Gasteiger partial charge on any atom is -0.480 e. The van der Waals surface area contributed by atoms with Gasteiger partial charge in [-0.25, -0.2) is 0 Å². The molecular weight excluding hydrogens is 1000 g/mol. The standard InChI is InChI=1S/C42H71N7O25/c1-20(2)32-26(59)27(60)35(42(70-32)68-19-51)72-41-31(64)29(62)34(71-40-30(63)28(61)33(69-21(3)4)36(73-40)38(65)45-6-5-43)37(74-41)39(66)46-8-7-44-22(52)13-48(14-23(53)54)11-9-47(17-67-18-50)10-12-49(15-24(55)56)16-25(57)58/h18-21,26-37,40-42,59-64H,5-17,43H2,1-4H3,(H,44,52)(H,45,65)(H,46,66)(H,53,54)(H,55,56)(H,57,58)/t26?,27-,28-,29-,30?,31?,32+,33+,34+,35+,36?,37?,40-,41-,42?/m1/s1. The van der Waals surface area contributed by atoms with Crippen LogP contribution in [0.15, 0.2) is 0 Å². The summed E-state index contributed by atoms with van der Waals surface area (Å²) in [5.74, 6) is -7.15. The lowest BCUT2D eigenvalue weighted by Gasteiger charge is -2.48. The van der Waals surface area contributed by atoms with Gasteiger partial charge in [-0.3, -0.25) is 53.1 Å². The summed E-state index contributed by atoms with van der Waals surface area (Å²) in [7, 11) is 0. The van der Waals surface area contributed by atoms with Crippen LogP contribution in [0, 0.1) is 5.92 Å². The van der Waals surface area contributed by atoms with Gasteiger partial charge in [0.1, 0.15) is 55.6 Å². The largest absolute Gasteiger partial charge is 0.480 e. The van der Waals surface area contributed by atoms with Crippen LogP contribution in [-0.4, -0.2) is 293 Å². The molecule has 0 spiro atoms. The Morgan fingerprint density at radius 2 is 1.03 bits per heavy atom.